The zero-order chi connectivity index (χ0) is 10.1. The van der Waals surface area contributed by atoms with Crippen molar-refractivity contribution in [1.29, 1.82) is 0 Å². The Kier molecular flexibility index (Phi) is 2.16. The van der Waals surface area contributed by atoms with E-state index in [1.807, 2.05) is 0 Å². The number of rotatable bonds is 2. The Balaban J connectivity index is 2.55. The zero-order valence-electron chi connectivity index (χ0n) is 8.75. The molecule has 0 N–H and O–H groups in total. The van der Waals surface area contributed by atoms with E-state index in [2.05, 4.69) is 55.5 Å². The third-order valence-electron chi connectivity index (χ3n) is 2.37. The van der Waals surface area contributed by atoms with Gasteiger partial charge in [-0.15, -0.1) is 0 Å². The zero-order valence-corrected chi connectivity index (χ0v) is 8.75. The molecule has 0 unspecified atom stereocenters. The second-order valence-corrected chi connectivity index (χ2v) is 3.96. The molecule has 0 aliphatic heterocycles. The predicted molar refractivity (Wildman–Crippen MR) is 61.5 cm³/mol. The summed E-state index contributed by atoms with van der Waals surface area (Å²) in [6.45, 7) is 9.03. The molecule has 2 aromatic rings. The van der Waals surface area contributed by atoms with Gasteiger partial charge in [0.15, 0.2) is 0 Å². The summed E-state index contributed by atoms with van der Waals surface area (Å²) in [6, 6.07) is 8.68. The van der Waals surface area contributed by atoms with Crippen molar-refractivity contribution in [3.05, 3.63) is 48.2 Å². The highest BCUT2D eigenvalue weighted by molar-refractivity contribution is 5.80. The first-order valence-electron chi connectivity index (χ1n) is 4.87. The lowest BCUT2D eigenvalue weighted by Crippen LogP contribution is -1.95. The fraction of sp³-hybridized carbons (Fsp3) is 0.231. The van der Waals surface area contributed by atoms with Gasteiger partial charge in [-0.1, -0.05) is 24.3 Å². The number of hydrogen-bond acceptors (Lipinski definition) is 0. The van der Waals surface area contributed by atoms with Gasteiger partial charge in [-0.3, -0.25) is 0 Å². The minimum absolute atomic E-state index is 0.910. The highest BCUT2D eigenvalue weighted by Gasteiger charge is 2.00. The minimum Gasteiger partial charge on any atom is -0.343 e. The van der Waals surface area contributed by atoms with E-state index in [-0.39, 0.29) is 0 Å². The van der Waals surface area contributed by atoms with Crippen LogP contribution in [0, 0.1) is 6.92 Å². The lowest BCUT2D eigenvalue weighted by molar-refractivity contribution is 0.822. The van der Waals surface area contributed by atoms with Crippen LogP contribution in [0.3, 0.4) is 0 Å². The summed E-state index contributed by atoms with van der Waals surface area (Å²) in [5.74, 6) is 0. The molecule has 0 aliphatic carbocycles. The van der Waals surface area contributed by atoms with Crippen molar-refractivity contribution in [2.24, 2.45) is 0 Å². The summed E-state index contributed by atoms with van der Waals surface area (Å²) >= 11 is 0. The van der Waals surface area contributed by atoms with Crippen molar-refractivity contribution in [1.82, 2.24) is 4.57 Å². The van der Waals surface area contributed by atoms with Crippen LogP contribution in [-0.2, 0) is 6.54 Å². The maximum Gasteiger partial charge on any atom is 0.0485 e. The summed E-state index contributed by atoms with van der Waals surface area (Å²) in [5.41, 5.74) is 3.79. The smallest absolute Gasteiger partial charge is 0.0485 e. The maximum absolute atomic E-state index is 3.94. The molecule has 0 amide bonds. The van der Waals surface area contributed by atoms with E-state index in [1.54, 1.807) is 0 Å². The van der Waals surface area contributed by atoms with Crippen LogP contribution in [0.4, 0.5) is 0 Å². The molecule has 0 bridgehead atoms. The SMILES string of the molecule is C=C(C)Cn1ccc2ccc(C)cc21. The quantitative estimate of drug-likeness (QED) is 0.631. The van der Waals surface area contributed by atoms with Gasteiger partial charge in [-0.05, 0) is 36.9 Å². The molecular formula is C13H15N. The number of allylic oxidation sites excluding steroid dienone is 1. The van der Waals surface area contributed by atoms with Crippen LogP contribution in [-0.4, -0.2) is 4.57 Å². The number of fused-ring (bicyclic) bond motifs is 1. The molecule has 1 nitrogen and oxygen atoms in total. The van der Waals surface area contributed by atoms with E-state index in [0.717, 1.165) is 6.54 Å². The summed E-state index contributed by atoms with van der Waals surface area (Å²) in [4.78, 5) is 0. The van der Waals surface area contributed by atoms with Gasteiger partial charge in [0.2, 0.25) is 0 Å². The average molecular weight is 185 g/mol. The molecule has 1 heterocycles. The summed E-state index contributed by atoms with van der Waals surface area (Å²) in [7, 11) is 0. The Bertz CT molecular complexity index is 477. The number of benzene rings is 1. The van der Waals surface area contributed by atoms with Crippen LogP contribution in [0.2, 0.25) is 0 Å². The second kappa shape index (κ2) is 3.33. The van der Waals surface area contributed by atoms with Crippen LogP contribution < -0.4 is 0 Å². The molecule has 1 heteroatoms. The third-order valence-corrected chi connectivity index (χ3v) is 2.37. The van der Waals surface area contributed by atoms with Gasteiger partial charge in [-0.2, -0.15) is 0 Å². The lowest BCUT2D eigenvalue weighted by Gasteiger charge is -2.04. The molecule has 2 rings (SSSR count). The number of aryl methyl sites for hydroxylation is 1. The molecule has 0 atom stereocenters. The van der Waals surface area contributed by atoms with E-state index in [9.17, 15) is 0 Å². The summed E-state index contributed by atoms with van der Waals surface area (Å²) < 4.78 is 2.24. The normalized spacial score (nSPS) is 10.7. The molecule has 72 valence electrons. The largest absolute Gasteiger partial charge is 0.343 e. The van der Waals surface area contributed by atoms with Crippen molar-refractivity contribution < 1.29 is 0 Å². The highest BCUT2D eigenvalue weighted by Crippen LogP contribution is 2.18. The molecule has 0 spiro atoms. The Hall–Kier alpha value is -1.50. The molecule has 0 saturated heterocycles. The van der Waals surface area contributed by atoms with Crippen LogP contribution in [0.1, 0.15) is 12.5 Å². The van der Waals surface area contributed by atoms with Crippen molar-refractivity contribution in [3.8, 4) is 0 Å². The summed E-state index contributed by atoms with van der Waals surface area (Å²) in [6.07, 6.45) is 2.12. The number of nitrogens with zero attached hydrogens (tertiary/aromatic N) is 1. The van der Waals surface area contributed by atoms with E-state index in [4.69, 9.17) is 0 Å². The lowest BCUT2D eigenvalue weighted by atomic mass is 10.2. The van der Waals surface area contributed by atoms with Gasteiger partial charge in [0.1, 0.15) is 0 Å². The molecule has 14 heavy (non-hydrogen) atoms. The van der Waals surface area contributed by atoms with Crippen molar-refractivity contribution >= 4 is 10.9 Å². The molecule has 0 radical (unpaired) electrons. The van der Waals surface area contributed by atoms with Gasteiger partial charge in [0.05, 0.1) is 0 Å². The first-order chi connectivity index (χ1) is 6.66. The van der Waals surface area contributed by atoms with Crippen LogP contribution in [0.25, 0.3) is 10.9 Å². The van der Waals surface area contributed by atoms with E-state index in [1.165, 1.54) is 22.0 Å². The first-order valence-corrected chi connectivity index (χ1v) is 4.87. The Morgan fingerprint density at radius 1 is 1.36 bits per heavy atom. The van der Waals surface area contributed by atoms with E-state index in [0.29, 0.717) is 0 Å². The third kappa shape index (κ3) is 1.58. The number of aromatic nitrogens is 1. The Labute approximate surface area is 84.7 Å². The predicted octanol–water partition coefficient (Wildman–Crippen LogP) is 3.53. The molecule has 0 saturated carbocycles. The van der Waals surface area contributed by atoms with Crippen LogP contribution in [0.15, 0.2) is 42.6 Å². The first kappa shape index (κ1) is 9.07. The molecule has 0 fully saturated rings. The Morgan fingerprint density at radius 2 is 2.14 bits per heavy atom. The minimum atomic E-state index is 0.910. The van der Waals surface area contributed by atoms with Gasteiger partial charge in [0, 0.05) is 18.3 Å². The molecule has 1 aromatic heterocycles. The van der Waals surface area contributed by atoms with Gasteiger partial charge < -0.3 is 4.57 Å². The standard InChI is InChI=1S/C13H15N/c1-10(2)9-14-7-6-12-5-4-11(3)8-13(12)14/h4-8H,1,9H2,2-3H3. The number of hydrogen-bond donors (Lipinski definition) is 0. The molecular weight excluding hydrogens is 170 g/mol. The fourth-order valence-electron chi connectivity index (χ4n) is 1.72. The maximum atomic E-state index is 3.94. The molecule has 1 aromatic carbocycles. The second-order valence-electron chi connectivity index (χ2n) is 3.96. The Morgan fingerprint density at radius 3 is 2.86 bits per heavy atom. The van der Waals surface area contributed by atoms with E-state index < -0.39 is 0 Å². The summed E-state index contributed by atoms with van der Waals surface area (Å²) in [5, 5.41) is 1.30. The molecule has 0 aliphatic rings. The van der Waals surface area contributed by atoms with Crippen LogP contribution in [0.5, 0.6) is 0 Å². The highest BCUT2D eigenvalue weighted by atomic mass is 14.9. The van der Waals surface area contributed by atoms with Gasteiger partial charge in [-0.25, -0.2) is 0 Å². The van der Waals surface area contributed by atoms with Crippen LogP contribution >= 0.6 is 0 Å². The van der Waals surface area contributed by atoms with Gasteiger partial charge >= 0.3 is 0 Å². The van der Waals surface area contributed by atoms with Crippen molar-refractivity contribution in [3.63, 3.8) is 0 Å². The average Bonchev–Trinajstić information content (AvgIpc) is 2.47. The fourth-order valence-corrected chi connectivity index (χ4v) is 1.72. The van der Waals surface area contributed by atoms with Crippen molar-refractivity contribution in [2.75, 3.05) is 0 Å². The monoisotopic (exact) mass is 185 g/mol. The van der Waals surface area contributed by atoms with Gasteiger partial charge in [0.25, 0.3) is 0 Å². The van der Waals surface area contributed by atoms with E-state index >= 15 is 0 Å². The van der Waals surface area contributed by atoms with Crippen molar-refractivity contribution in [2.45, 2.75) is 20.4 Å². The topological polar surface area (TPSA) is 4.93 Å².